The highest BCUT2D eigenvalue weighted by Crippen LogP contribution is 2.22. The summed E-state index contributed by atoms with van der Waals surface area (Å²) in [5.41, 5.74) is 3.23. The van der Waals surface area contributed by atoms with E-state index in [1.54, 1.807) is 37.3 Å². The first kappa shape index (κ1) is 19.8. The fourth-order valence-corrected chi connectivity index (χ4v) is 3.77. The molecule has 0 bridgehead atoms. The molecule has 146 valence electrons. The van der Waals surface area contributed by atoms with Crippen LogP contribution in [0.5, 0.6) is 0 Å². The van der Waals surface area contributed by atoms with Gasteiger partial charge in [-0.2, -0.15) is 0 Å². The summed E-state index contributed by atoms with van der Waals surface area (Å²) in [6, 6.07) is 14.1. The van der Waals surface area contributed by atoms with Crippen molar-refractivity contribution in [2.75, 3.05) is 7.05 Å². The van der Waals surface area contributed by atoms with Crippen LogP contribution in [0.25, 0.3) is 10.9 Å². The van der Waals surface area contributed by atoms with Gasteiger partial charge in [-0.25, -0.2) is 13.1 Å². The number of aryl methyl sites for hydroxylation is 1. The zero-order valence-corrected chi connectivity index (χ0v) is 16.4. The van der Waals surface area contributed by atoms with Crippen LogP contribution in [0.15, 0.2) is 48.5 Å². The number of ketones is 1. The molecule has 0 fully saturated rings. The third-order valence-corrected chi connectivity index (χ3v) is 5.81. The molecule has 7 nitrogen and oxygen atoms in total. The van der Waals surface area contributed by atoms with E-state index >= 15 is 0 Å². The molecule has 0 atom stereocenters. The average Bonchev–Trinajstić information content (AvgIpc) is 3.02. The van der Waals surface area contributed by atoms with Crippen LogP contribution in [0.3, 0.4) is 0 Å². The Balaban J connectivity index is 1.67. The quantitative estimate of drug-likeness (QED) is 0.417. The van der Waals surface area contributed by atoms with Crippen LogP contribution < -0.4 is 10.0 Å². The molecule has 3 rings (SSSR count). The first-order valence-corrected chi connectivity index (χ1v) is 10.3. The molecular formula is C20H21N3O4S. The number of hydrogen-bond acceptors (Lipinski definition) is 4. The molecule has 3 N–H and O–H groups in total. The summed E-state index contributed by atoms with van der Waals surface area (Å²) in [7, 11) is -1.97. The topological polar surface area (TPSA) is 108 Å². The van der Waals surface area contributed by atoms with Crippen molar-refractivity contribution in [1.82, 2.24) is 15.0 Å². The average molecular weight is 399 g/mol. The lowest BCUT2D eigenvalue weighted by atomic mass is 10.1. The number of rotatable bonds is 7. The van der Waals surface area contributed by atoms with Crippen molar-refractivity contribution in [3.8, 4) is 0 Å². The van der Waals surface area contributed by atoms with Gasteiger partial charge < -0.3 is 10.3 Å². The third-order valence-electron chi connectivity index (χ3n) is 4.47. The largest absolute Gasteiger partial charge is 0.358 e. The SMILES string of the molecule is CNS(=O)(=O)Cc1ccc(CNC(=O)C(=O)c2c(C)[nH]c3ccccc23)cc1. The maximum Gasteiger partial charge on any atom is 0.292 e. The second-order valence-electron chi connectivity index (χ2n) is 6.46. The van der Waals surface area contributed by atoms with E-state index < -0.39 is 21.7 Å². The van der Waals surface area contributed by atoms with Crippen molar-refractivity contribution in [2.24, 2.45) is 0 Å². The van der Waals surface area contributed by atoms with Gasteiger partial charge in [0.1, 0.15) is 0 Å². The number of hydrogen-bond donors (Lipinski definition) is 3. The van der Waals surface area contributed by atoms with Crippen LogP contribution >= 0.6 is 0 Å². The van der Waals surface area contributed by atoms with Crippen molar-refractivity contribution in [3.63, 3.8) is 0 Å². The lowest BCUT2D eigenvalue weighted by Crippen LogP contribution is -2.30. The van der Waals surface area contributed by atoms with Gasteiger partial charge in [-0.3, -0.25) is 9.59 Å². The van der Waals surface area contributed by atoms with Crippen molar-refractivity contribution in [1.29, 1.82) is 0 Å². The zero-order valence-electron chi connectivity index (χ0n) is 15.6. The number of carbonyl (C=O) groups excluding carboxylic acids is 2. The number of aromatic nitrogens is 1. The van der Waals surface area contributed by atoms with E-state index in [-0.39, 0.29) is 12.3 Å². The third kappa shape index (κ3) is 4.29. The molecule has 0 radical (unpaired) electrons. The smallest absolute Gasteiger partial charge is 0.292 e. The van der Waals surface area contributed by atoms with Crippen LogP contribution in [0.2, 0.25) is 0 Å². The Morgan fingerprint density at radius 2 is 1.64 bits per heavy atom. The number of para-hydroxylation sites is 1. The van der Waals surface area contributed by atoms with E-state index in [2.05, 4.69) is 15.0 Å². The first-order chi connectivity index (χ1) is 13.3. The number of fused-ring (bicyclic) bond motifs is 1. The normalized spacial score (nSPS) is 11.5. The lowest BCUT2D eigenvalue weighted by Gasteiger charge is -2.07. The van der Waals surface area contributed by atoms with E-state index in [4.69, 9.17) is 0 Å². The van der Waals surface area contributed by atoms with Gasteiger partial charge in [0.25, 0.3) is 11.7 Å². The molecule has 0 saturated heterocycles. The Labute approximate surface area is 163 Å². The number of nitrogens with one attached hydrogen (secondary N) is 3. The maximum atomic E-state index is 12.6. The van der Waals surface area contributed by atoms with Crippen molar-refractivity contribution in [3.05, 3.63) is 70.9 Å². The number of Topliss-reactive ketones (excluding diaryl/α,β-unsaturated/α-hetero) is 1. The number of amides is 1. The van der Waals surface area contributed by atoms with Crippen molar-refractivity contribution in [2.45, 2.75) is 19.2 Å². The first-order valence-electron chi connectivity index (χ1n) is 8.69. The minimum atomic E-state index is -3.34. The Morgan fingerprint density at radius 1 is 1.00 bits per heavy atom. The van der Waals surface area contributed by atoms with E-state index in [0.29, 0.717) is 16.8 Å². The van der Waals surface area contributed by atoms with Crippen LogP contribution in [-0.2, 0) is 27.1 Å². The summed E-state index contributed by atoms with van der Waals surface area (Å²) in [5, 5.41) is 3.34. The number of H-pyrrole nitrogens is 1. The molecule has 0 saturated carbocycles. The Hall–Kier alpha value is -2.97. The van der Waals surface area contributed by atoms with E-state index in [1.165, 1.54) is 7.05 Å². The highest BCUT2D eigenvalue weighted by Gasteiger charge is 2.22. The fourth-order valence-electron chi connectivity index (χ4n) is 2.99. The number of benzene rings is 2. The van der Waals surface area contributed by atoms with Crippen LogP contribution in [0, 0.1) is 6.92 Å². The van der Waals surface area contributed by atoms with Crippen LogP contribution in [0.1, 0.15) is 27.2 Å². The molecule has 0 spiro atoms. The Morgan fingerprint density at radius 3 is 2.32 bits per heavy atom. The van der Waals surface area contributed by atoms with Crippen molar-refractivity contribution >= 4 is 32.6 Å². The monoisotopic (exact) mass is 399 g/mol. The minimum absolute atomic E-state index is 0.117. The molecular weight excluding hydrogens is 378 g/mol. The maximum absolute atomic E-state index is 12.6. The lowest BCUT2D eigenvalue weighted by molar-refractivity contribution is -0.117. The number of aromatic amines is 1. The highest BCUT2D eigenvalue weighted by atomic mass is 32.2. The molecule has 0 aliphatic carbocycles. The molecule has 1 aromatic heterocycles. The van der Waals surface area contributed by atoms with Gasteiger partial charge in [0.15, 0.2) is 0 Å². The second kappa shape index (κ2) is 7.95. The van der Waals surface area contributed by atoms with Gasteiger partial charge in [0.05, 0.1) is 11.3 Å². The van der Waals surface area contributed by atoms with Crippen molar-refractivity contribution < 1.29 is 18.0 Å². The fraction of sp³-hybridized carbons (Fsp3) is 0.200. The Bertz CT molecular complexity index is 1130. The minimum Gasteiger partial charge on any atom is -0.358 e. The van der Waals surface area contributed by atoms with E-state index in [0.717, 1.165) is 16.5 Å². The van der Waals surface area contributed by atoms with Crippen LogP contribution in [-0.4, -0.2) is 32.1 Å². The second-order valence-corrected chi connectivity index (χ2v) is 8.39. The van der Waals surface area contributed by atoms with Gasteiger partial charge in [-0.15, -0.1) is 0 Å². The zero-order chi connectivity index (χ0) is 20.3. The van der Waals surface area contributed by atoms with Gasteiger partial charge in [0, 0.05) is 23.1 Å². The molecule has 1 amide bonds. The van der Waals surface area contributed by atoms with E-state index in [9.17, 15) is 18.0 Å². The Kier molecular flexibility index (Phi) is 5.62. The molecule has 1 heterocycles. The summed E-state index contributed by atoms with van der Waals surface area (Å²) in [5.74, 6) is -1.39. The molecule has 0 unspecified atom stereocenters. The van der Waals surface area contributed by atoms with Crippen LogP contribution in [0.4, 0.5) is 0 Å². The molecule has 3 aromatic rings. The van der Waals surface area contributed by atoms with Gasteiger partial charge in [-0.1, -0.05) is 42.5 Å². The number of sulfonamides is 1. The molecule has 0 aliphatic heterocycles. The summed E-state index contributed by atoms with van der Waals surface area (Å²) in [4.78, 5) is 28.1. The predicted molar refractivity (Wildman–Crippen MR) is 107 cm³/mol. The summed E-state index contributed by atoms with van der Waals surface area (Å²) < 4.78 is 25.4. The van der Waals surface area contributed by atoms with Gasteiger partial charge in [-0.05, 0) is 31.2 Å². The predicted octanol–water partition coefficient (Wildman–Crippen LogP) is 2.02. The van der Waals surface area contributed by atoms with Gasteiger partial charge in [0.2, 0.25) is 10.0 Å². The summed E-state index contributed by atoms with van der Waals surface area (Å²) >= 11 is 0. The summed E-state index contributed by atoms with van der Waals surface area (Å²) in [6.07, 6.45) is 0. The van der Waals surface area contributed by atoms with Gasteiger partial charge >= 0.3 is 0 Å². The molecule has 28 heavy (non-hydrogen) atoms. The van der Waals surface area contributed by atoms with E-state index in [1.807, 2.05) is 18.2 Å². The standard InChI is InChI=1S/C20H21N3O4S/c1-13-18(16-5-3-4-6-17(16)23-13)19(24)20(25)22-11-14-7-9-15(10-8-14)12-28(26,27)21-2/h3-10,21,23H,11-12H2,1-2H3,(H,22,25). The highest BCUT2D eigenvalue weighted by molar-refractivity contribution is 7.88. The molecule has 0 aliphatic rings. The molecule has 8 heteroatoms. The molecule has 2 aromatic carbocycles. The number of carbonyl (C=O) groups is 2. The summed E-state index contributed by atoms with van der Waals surface area (Å²) in [6.45, 7) is 1.93.